The average Bonchev–Trinajstić information content (AvgIpc) is 2.89. The van der Waals surface area contributed by atoms with E-state index in [1.54, 1.807) is 0 Å². The number of hydrogen-bond donors (Lipinski definition) is 0. The molecule has 0 fully saturated rings. The third-order valence-corrected chi connectivity index (χ3v) is 9.15. The first kappa shape index (κ1) is 30.8. The molecule has 3 aromatic carbocycles. The predicted molar refractivity (Wildman–Crippen MR) is 150 cm³/mol. The van der Waals surface area contributed by atoms with Crippen LogP contribution in [0, 0.1) is 0 Å². The molecule has 3 aromatic rings. The van der Waals surface area contributed by atoms with E-state index in [4.69, 9.17) is 130 Å². The minimum atomic E-state index is -1.74. The topological polar surface area (TPSA) is 61.8 Å². The summed E-state index contributed by atoms with van der Waals surface area (Å²) in [6.45, 7) is 0. The van der Waals surface area contributed by atoms with Crippen LogP contribution in [-0.4, -0.2) is 19.0 Å². The van der Waals surface area contributed by atoms with Crippen molar-refractivity contribution in [2.75, 3.05) is 7.11 Å². The molecule has 0 N–H and O–H groups in total. The molecule has 0 saturated carbocycles. The highest BCUT2D eigenvalue weighted by molar-refractivity contribution is 6.56. The van der Waals surface area contributed by atoms with E-state index in [0.717, 1.165) is 0 Å². The van der Waals surface area contributed by atoms with Gasteiger partial charge in [0.2, 0.25) is 0 Å². The second-order valence-electron chi connectivity index (χ2n) is 6.85. The first-order valence-electron chi connectivity index (χ1n) is 9.41. The van der Waals surface area contributed by atoms with Crippen LogP contribution < -0.4 is 14.2 Å². The second kappa shape index (κ2) is 12.6. The zero-order chi connectivity index (χ0) is 27.8. The maximum atomic E-state index is 13.3. The highest BCUT2D eigenvalue weighted by atomic mass is 35.5. The summed E-state index contributed by atoms with van der Waals surface area (Å²) in [6.07, 6.45) is 0. The molecular weight excluding hydrogens is 699 g/mol. The molecule has 0 bridgehead atoms. The van der Waals surface area contributed by atoms with Crippen molar-refractivity contribution in [3.05, 3.63) is 80.1 Å². The fourth-order valence-corrected chi connectivity index (χ4v) is 5.23. The molecular formula is C22H8Cl10O5. The maximum absolute atomic E-state index is 13.3. The Morgan fingerprint density at radius 3 is 1.14 bits per heavy atom. The Morgan fingerprint density at radius 1 is 0.541 bits per heavy atom. The highest BCUT2D eigenvalue weighted by Gasteiger charge is 2.36. The van der Waals surface area contributed by atoms with Crippen LogP contribution in [0.25, 0.3) is 0 Å². The monoisotopic (exact) mass is 702 g/mol. The van der Waals surface area contributed by atoms with Gasteiger partial charge in [-0.3, -0.25) is 9.59 Å². The van der Waals surface area contributed by atoms with Crippen LogP contribution in [0.4, 0.5) is 0 Å². The number of hydrogen-bond acceptors (Lipinski definition) is 5. The Labute approximate surface area is 260 Å². The SMILES string of the molecule is COc1ccc(C(C(=O)Oc2c(Cl)c(Cl)c(Cl)c(Cl)c2Cl)C(=O)Oc2c(Cl)c(Cl)c(Cl)c(Cl)c2Cl)cc1. The van der Waals surface area contributed by atoms with E-state index in [-0.39, 0.29) is 55.8 Å². The largest absolute Gasteiger partial charge is 0.497 e. The molecule has 0 radical (unpaired) electrons. The fraction of sp³-hybridized carbons (Fsp3) is 0.0909. The minimum Gasteiger partial charge on any atom is -0.497 e. The van der Waals surface area contributed by atoms with Gasteiger partial charge in [0.1, 0.15) is 25.8 Å². The number of ether oxygens (including phenoxy) is 3. The maximum Gasteiger partial charge on any atom is 0.330 e. The number of esters is 2. The summed E-state index contributed by atoms with van der Waals surface area (Å²) in [7, 11) is 1.44. The number of rotatable bonds is 6. The number of halogens is 10. The van der Waals surface area contributed by atoms with E-state index in [2.05, 4.69) is 0 Å². The molecule has 0 aliphatic rings. The summed E-state index contributed by atoms with van der Waals surface area (Å²) >= 11 is 60.8. The summed E-state index contributed by atoms with van der Waals surface area (Å²) in [5.41, 5.74) is 0.118. The molecule has 0 amide bonds. The van der Waals surface area contributed by atoms with Gasteiger partial charge in [-0.1, -0.05) is 128 Å². The summed E-state index contributed by atoms with van der Waals surface area (Å²) in [5, 5.41) is -2.52. The van der Waals surface area contributed by atoms with Crippen LogP contribution >= 0.6 is 116 Å². The highest BCUT2D eigenvalue weighted by Crippen LogP contribution is 2.50. The molecule has 0 heterocycles. The van der Waals surface area contributed by atoms with Gasteiger partial charge >= 0.3 is 11.9 Å². The van der Waals surface area contributed by atoms with Gasteiger partial charge in [-0.2, -0.15) is 0 Å². The molecule has 0 unspecified atom stereocenters. The molecule has 3 rings (SSSR count). The van der Waals surface area contributed by atoms with Gasteiger partial charge in [-0.25, -0.2) is 0 Å². The summed E-state index contributed by atoms with van der Waals surface area (Å²) in [6, 6.07) is 5.83. The van der Waals surface area contributed by atoms with Crippen molar-refractivity contribution < 1.29 is 23.8 Å². The number of methoxy groups -OCH3 is 1. The van der Waals surface area contributed by atoms with E-state index >= 15 is 0 Å². The predicted octanol–water partition coefficient (Wildman–Crippen LogP) is 10.5. The summed E-state index contributed by atoms with van der Waals surface area (Å²) < 4.78 is 15.8. The smallest absolute Gasteiger partial charge is 0.330 e. The molecule has 0 aromatic heterocycles. The van der Waals surface area contributed by atoms with Crippen molar-refractivity contribution >= 4 is 128 Å². The van der Waals surface area contributed by atoms with Crippen LogP contribution in [-0.2, 0) is 9.59 Å². The van der Waals surface area contributed by atoms with Crippen molar-refractivity contribution in [1.82, 2.24) is 0 Å². The van der Waals surface area contributed by atoms with Crippen molar-refractivity contribution in [3.63, 3.8) is 0 Å². The van der Waals surface area contributed by atoms with Crippen LogP contribution in [0.15, 0.2) is 24.3 Å². The van der Waals surface area contributed by atoms with Crippen molar-refractivity contribution in [3.8, 4) is 17.2 Å². The quantitative estimate of drug-likeness (QED) is 0.0840. The zero-order valence-corrected chi connectivity index (χ0v) is 25.3. The van der Waals surface area contributed by atoms with Gasteiger partial charge in [-0.15, -0.1) is 0 Å². The molecule has 37 heavy (non-hydrogen) atoms. The van der Waals surface area contributed by atoms with Gasteiger partial charge in [-0.05, 0) is 17.7 Å². The summed E-state index contributed by atoms with van der Waals surface area (Å²) in [4.78, 5) is 26.7. The molecule has 0 saturated heterocycles. The molecule has 0 aliphatic heterocycles. The molecule has 0 atom stereocenters. The van der Waals surface area contributed by atoms with E-state index in [9.17, 15) is 9.59 Å². The van der Waals surface area contributed by atoms with Crippen molar-refractivity contribution in [2.24, 2.45) is 0 Å². The first-order chi connectivity index (χ1) is 17.3. The lowest BCUT2D eigenvalue weighted by Gasteiger charge is -2.19. The van der Waals surface area contributed by atoms with E-state index in [1.807, 2.05) is 0 Å². The standard InChI is InChI=1S/C22H8Cl10O5/c1-35-7-4-2-6(3-5-7)8(21(33)36-19-15(29)11(25)9(23)12(26)16(19)30)22(34)37-20-17(31)13(27)10(24)14(28)18(20)32/h2-5,8H,1H3. The third kappa shape index (κ3) is 6.22. The molecule has 15 heteroatoms. The molecule has 196 valence electrons. The van der Waals surface area contributed by atoms with Crippen LogP contribution in [0.3, 0.4) is 0 Å². The molecule has 0 spiro atoms. The van der Waals surface area contributed by atoms with E-state index in [0.29, 0.717) is 5.75 Å². The minimum absolute atomic E-state index is 0.118. The Bertz CT molecular complexity index is 1270. The van der Waals surface area contributed by atoms with Gasteiger partial charge in [0.25, 0.3) is 0 Å². The molecule has 5 nitrogen and oxygen atoms in total. The number of benzene rings is 3. The van der Waals surface area contributed by atoms with Crippen molar-refractivity contribution in [2.45, 2.75) is 5.92 Å². The van der Waals surface area contributed by atoms with Gasteiger partial charge in [0, 0.05) is 0 Å². The van der Waals surface area contributed by atoms with Gasteiger partial charge < -0.3 is 14.2 Å². The summed E-state index contributed by atoms with van der Waals surface area (Å²) in [5.74, 6) is -4.56. The van der Waals surface area contributed by atoms with Crippen molar-refractivity contribution in [1.29, 1.82) is 0 Å². The number of carbonyl (C=O) groups excluding carboxylic acids is 2. The average molecular weight is 707 g/mol. The van der Waals surface area contributed by atoms with Crippen LogP contribution in [0.1, 0.15) is 11.5 Å². The lowest BCUT2D eigenvalue weighted by Crippen LogP contribution is -2.30. The Hall–Kier alpha value is -0.700. The lowest BCUT2D eigenvalue weighted by atomic mass is 9.99. The first-order valence-corrected chi connectivity index (χ1v) is 13.2. The van der Waals surface area contributed by atoms with Gasteiger partial charge in [0.05, 0.1) is 37.2 Å². The van der Waals surface area contributed by atoms with E-state index in [1.165, 1.54) is 31.4 Å². The zero-order valence-electron chi connectivity index (χ0n) is 17.7. The number of carbonyl (C=O) groups is 2. The van der Waals surface area contributed by atoms with Gasteiger partial charge in [0.15, 0.2) is 17.4 Å². The normalized spacial score (nSPS) is 11.0. The van der Waals surface area contributed by atoms with Crippen LogP contribution in [0.5, 0.6) is 17.2 Å². The Kier molecular flexibility index (Phi) is 10.5. The van der Waals surface area contributed by atoms with Crippen LogP contribution in [0.2, 0.25) is 50.2 Å². The lowest BCUT2D eigenvalue weighted by molar-refractivity contribution is -0.147. The fourth-order valence-electron chi connectivity index (χ4n) is 2.83. The molecule has 0 aliphatic carbocycles. The van der Waals surface area contributed by atoms with E-state index < -0.39 is 29.4 Å². The Morgan fingerprint density at radius 2 is 0.838 bits per heavy atom. The third-order valence-electron chi connectivity index (χ3n) is 4.66. The Balaban J connectivity index is 2.09. The second-order valence-corrected chi connectivity index (χ2v) is 10.6.